The van der Waals surface area contributed by atoms with Gasteiger partial charge in [0.2, 0.25) is 0 Å². The number of hydrogen-bond donors (Lipinski definition) is 1. The lowest BCUT2D eigenvalue weighted by Crippen LogP contribution is -1.96. The third-order valence-corrected chi connectivity index (χ3v) is 4.54. The van der Waals surface area contributed by atoms with Crippen LogP contribution in [0.25, 0.3) is 10.8 Å². The Balaban J connectivity index is 1.78. The van der Waals surface area contributed by atoms with Crippen LogP contribution in [-0.4, -0.2) is 5.94 Å². The van der Waals surface area contributed by atoms with Crippen LogP contribution in [0.2, 0.25) is 0 Å². The molecule has 0 radical (unpaired) electrons. The Labute approximate surface area is 116 Å². The van der Waals surface area contributed by atoms with Gasteiger partial charge in [0.15, 0.2) is 0 Å². The fourth-order valence-electron chi connectivity index (χ4n) is 2.05. The summed E-state index contributed by atoms with van der Waals surface area (Å²) in [6, 6.07) is 14.5. The van der Waals surface area contributed by atoms with E-state index in [2.05, 4.69) is 65.5 Å². The van der Waals surface area contributed by atoms with Gasteiger partial charge in [-0.05, 0) is 22.3 Å². The summed E-state index contributed by atoms with van der Waals surface area (Å²) in [5.41, 5.74) is 0. The summed E-state index contributed by atoms with van der Waals surface area (Å²) in [4.78, 5) is 0. The number of thiol groups is 1. The van der Waals surface area contributed by atoms with E-state index < -0.39 is 0 Å². The smallest absolute Gasteiger partial charge is 0.128 e. The molecule has 0 aromatic heterocycles. The maximum absolute atomic E-state index is 6.01. The van der Waals surface area contributed by atoms with Gasteiger partial charge in [-0.15, -0.1) is 0 Å². The van der Waals surface area contributed by atoms with Crippen LogP contribution >= 0.6 is 10.9 Å². The maximum atomic E-state index is 6.01. The maximum Gasteiger partial charge on any atom is 0.128 e. The highest BCUT2D eigenvalue weighted by Crippen LogP contribution is 2.32. The van der Waals surface area contributed by atoms with Crippen LogP contribution in [0.3, 0.4) is 0 Å². The van der Waals surface area contributed by atoms with Crippen molar-refractivity contribution < 1.29 is 4.74 Å². The van der Waals surface area contributed by atoms with Crippen LogP contribution in [0.1, 0.15) is 0 Å². The van der Waals surface area contributed by atoms with Crippen molar-refractivity contribution in [2.75, 3.05) is 5.94 Å². The van der Waals surface area contributed by atoms with E-state index in [-0.39, 0.29) is 10.9 Å². The van der Waals surface area contributed by atoms with E-state index in [4.69, 9.17) is 4.74 Å². The molecule has 2 aromatic carbocycles. The standard InChI is InChI=1S/C17H16OS/c1-2-6-13-19(12-5-1)14-18-17-11-7-9-15-8-3-4-10-16(15)17/h1-13,19H,14H2. The Morgan fingerprint density at radius 3 is 2.37 bits per heavy atom. The molecule has 1 aliphatic heterocycles. The predicted molar refractivity (Wildman–Crippen MR) is 85.8 cm³/mol. The van der Waals surface area contributed by atoms with Crippen molar-refractivity contribution in [1.82, 2.24) is 0 Å². The Morgan fingerprint density at radius 2 is 1.53 bits per heavy atom. The first kappa shape index (κ1) is 12.1. The monoisotopic (exact) mass is 268 g/mol. The number of rotatable bonds is 3. The molecule has 1 aliphatic rings. The summed E-state index contributed by atoms with van der Waals surface area (Å²) < 4.78 is 6.01. The van der Waals surface area contributed by atoms with Crippen LogP contribution in [0.15, 0.2) is 77.6 Å². The molecule has 0 atom stereocenters. The molecule has 3 rings (SSSR count). The van der Waals surface area contributed by atoms with E-state index in [1.807, 2.05) is 12.1 Å². The summed E-state index contributed by atoms with van der Waals surface area (Å²) >= 11 is 0. The van der Waals surface area contributed by atoms with E-state index in [9.17, 15) is 0 Å². The van der Waals surface area contributed by atoms with Crippen molar-refractivity contribution in [3.8, 4) is 5.75 Å². The molecular formula is C17H16OS. The van der Waals surface area contributed by atoms with Crippen LogP contribution in [0, 0.1) is 0 Å². The zero-order valence-corrected chi connectivity index (χ0v) is 11.5. The van der Waals surface area contributed by atoms with E-state index in [0.29, 0.717) is 0 Å². The van der Waals surface area contributed by atoms with Gasteiger partial charge < -0.3 is 4.74 Å². The minimum Gasteiger partial charge on any atom is -0.483 e. The molecule has 19 heavy (non-hydrogen) atoms. The Hall–Kier alpha value is -1.93. The first-order valence-electron chi connectivity index (χ1n) is 6.31. The summed E-state index contributed by atoms with van der Waals surface area (Å²) in [5, 5.41) is 6.85. The van der Waals surface area contributed by atoms with Gasteiger partial charge >= 0.3 is 0 Å². The normalized spacial score (nSPS) is 15.7. The number of hydrogen-bond acceptors (Lipinski definition) is 1. The van der Waals surface area contributed by atoms with Gasteiger partial charge in [0.1, 0.15) is 11.7 Å². The molecule has 0 aliphatic carbocycles. The highest BCUT2D eigenvalue weighted by atomic mass is 32.2. The van der Waals surface area contributed by atoms with Crippen molar-refractivity contribution in [3.05, 3.63) is 77.6 Å². The molecule has 1 heterocycles. The molecule has 0 unspecified atom stereocenters. The van der Waals surface area contributed by atoms with Gasteiger partial charge in [-0.3, -0.25) is 0 Å². The Kier molecular flexibility index (Phi) is 3.70. The SMILES string of the molecule is C1=CC=C[SH](COc2cccc3ccccc23)C=C1. The average molecular weight is 268 g/mol. The molecule has 2 aromatic rings. The van der Waals surface area contributed by atoms with Crippen LogP contribution in [-0.2, 0) is 0 Å². The fraction of sp³-hybridized carbons (Fsp3) is 0.0588. The van der Waals surface area contributed by atoms with Gasteiger partial charge in [-0.25, -0.2) is 0 Å². The molecular weight excluding hydrogens is 252 g/mol. The van der Waals surface area contributed by atoms with Crippen molar-refractivity contribution in [1.29, 1.82) is 0 Å². The Morgan fingerprint density at radius 1 is 0.789 bits per heavy atom. The highest BCUT2D eigenvalue weighted by Gasteiger charge is 2.03. The van der Waals surface area contributed by atoms with Crippen molar-refractivity contribution >= 4 is 21.7 Å². The van der Waals surface area contributed by atoms with E-state index in [0.717, 1.165) is 11.7 Å². The number of benzene rings is 2. The van der Waals surface area contributed by atoms with Crippen LogP contribution < -0.4 is 4.74 Å². The van der Waals surface area contributed by atoms with Crippen molar-refractivity contribution in [2.45, 2.75) is 0 Å². The summed E-state index contributed by atoms with van der Waals surface area (Å²) in [5.74, 6) is 1.71. The largest absolute Gasteiger partial charge is 0.483 e. The van der Waals surface area contributed by atoms with E-state index >= 15 is 0 Å². The third kappa shape index (κ3) is 2.91. The lowest BCUT2D eigenvalue weighted by Gasteiger charge is -2.15. The van der Waals surface area contributed by atoms with E-state index in [1.165, 1.54) is 10.8 Å². The zero-order chi connectivity index (χ0) is 12.9. The topological polar surface area (TPSA) is 9.23 Å². The lowest BCUT2D eigenvalue weighted by molar-refractivity contribution is 0.397. The second-order valence-electron chi connectivity index (χ2n) is 4.33. The van der Waals surface area contributed by atoms with Crippen molar-refractivity contribution in [2.24, 2.45) is 0 Å². The molecule has 0 spiro atoms. The van der Waals surface area contributed by atoms with Crippen molar-refractivity contribution in [3.63, 3.8) is 0 Å². The van der Waals surface area contributed by atoms with Gasteiger partial charge in [-0.2, -0.15) is 10.9 Å². The first-order valence-corrected chi connectivity index (χ1v) is 7.98. The molecule has 0 saturated heterocycles. The minimum absolute atomic E-state index is 0.323. The highest BCUT2D eigenvalue weighted by molar-refractivity contribution is 8.22. The lowest BCUT2D eigenvalue weighted by atomic mass is 10.1. The molecule has 0 saturated carbocycles. The Bertz CT molecular complexity index is 634. The quantitative estimate of drug-likeness (QED) is 0.789. The van der Waals surface area contributed by atoms with E-state index in [1.54, 1.807) is 0 Å². The van der Waals surface area contributed by atoms with Crippen LogP contribution in [0.5, 0.6) is 5.75 Å². The number of allylic oxidation sites excluding steroid dienone is 4. The van der Waals surface area contributed by atoms with Gasteiger partial charge in [0.25, 0.3) is 0 Å². The molecule has 96 valence electrons. The average Bonchev–Trinajstić information content (AvgIpc) is 2.74. The second kappa shape index (κ2) is 5.81. The van der Waals surface area contributed by atoms with Gasteiger partial charge in [-0.1, -0.05) is 60.7 Å². The minimum atomic E-state index is -0.323. The third-order valence-electron chi connectivity index (χ3n) is 3.01. The summed E-state index contributed by atoms with van der Waals surface area (Å²) in [7, 11) is -0.323. The molecule has 0 fully saturated rings. The fourth-order valence-corrected chi connectivity index (χ4v) is 3.25. The number of ether oxygens (including phenoxy) is 1. The summed E-state index contributed by atoms with van der Waals surface area (Å²) in [6.07, 6.45) is 8.30. The van der Waals surface area contributed by atoms with Gasteiger partial charge in [0, 0.05) is 5.39 Å². The predicted octanol–water partition coefficient (Wildman–Crippen LogP) is 4.77. The second-order valence-corrected chi connectivity index (χ2v) is 6.22. The molecule has 0 amide bonds. The van der Waals surface area contributed by atoms with Gasteiger partial charge in [0.05, 0.1) is 0 Å². The number of fused-ring (bicyclic) bond motifs is 1. The molecule has 0 N–H and O–H groups in total. The first-order chi connectivity index (χ1) is 9.43. The summed E-state index contributed by atoms with van der Waals surface area (Å²) in [6.45, 7) is 0. The molecule has 0 bridgehead atoms. The zero-order valence-electron chi connectivity index (χ0n) is 10.6. The molecule has 2 heteroatoms. The molecule has 1 nitrogen and oxygen atoms in total. The van der Waals surface area contributed by atoms with Crippen LogP contribution in [0.4, 0.5) is 0 Å².